The second kappa shape index (κ2) is 7.43. The summed E-state index contributed by atoms with van der Waals surface area (Å²) in [5.74, 6) is 1.43. The van der Waals surface area contributed by atoms with Crippen molar-refractivity contribution in [3.8, 4) is 0 Å². The highest BCUT2D eigenvalue weighted by atomic mass is 16.2. The highest BCUT2D eigenvalue weighted by Crippen LogP contribution is 2.10. The van der Waals surface area contributed by atoms with Crippen LogP contribution in [0.4, 0.5) is 0 Å². The lowest BCUT2D eigenvalue weighted by molar-refractivity contribution is -0.133. The van der Waals surface area contributed by atoms with E-state index in [4.69, 9.17) is 0 Å². The average Bonchev–Trinajstić information content (AvgIpc) is 2.86. The largest absolute Gasteiger partial charge is 0.341 e. The molecular weight excluding hydrogens is 252 g/mol. The van der Waals surface area contributed by atoms with Gasteiger partial charge in [0.1, 0.15) is 5.82 Å². The van der Waals surface area contributed by atoms with E-state index in [1.54, 1.807) is 0 Å². The Kier molecular flexibility index (Phi) is 5.59. The van der Waals surface area contributed by atoms with E-state index >= 15 is 0 Å². The first-order chi connectivity index (χ1) is 9.70. The molecule has 1 aromatic rings. The van der Waals surface area contributed by atoms with Crippen LogP contribution in [0, 0.1) is 0 Å². The Labute approximate surface area is 121 Å². The first-order valence-electron chi connectivity index (χ1n) is 7.67. The zero-order valence-corrected chi connectivity index (χ0v) is 12.7. The van der Waals surface area contributed by atoms with Crippen LogP contribution in [0.15, 0.2) is 12.4 Å². The van der Waals surface area contributed by atoms with Crippen LogP contribution in [0.2, 0.25) is 0 Å². The number of aryl methyl sites for hydroxylation is 1. The van der Waals surface area contributed by atoms with Crippen LogP contribution < -0.4 is 0 Å². The van der Waals surface area contributed by atoms with Crippen molar-refractivity contribution in [1.29, 1.82) is 0 Å². The van der Waals surface area contributed by atoms with Crippen LogP contribution in [-0.4, -0.2) is 51.9 Å². The number of rotatable bonds is 7. The third kappa shape index (κ3) is 4.07. The van der Waals surface area contributed by atoms with Crippen LogP contribution >= 0.6 is 0 Å². The standard InChI is InChI=1S/C15H26N4O/c1-3-8-18-10-7-16-14(18)13-17(2)11-12-19-9-5-4-6-15(19)20/h7,10H,3-6,8-9,11-13H2,1-2H3. The van der Waals surface area contributed by atoms with Gasteiger partial charge in [-0.25, -0.2) is 4.98 Å². The molecule has 1 aromatic heterocycles. The van der Waals surface area contributed by atoms with Gasteiger partial charge in [-0.1, -0.05) is 6.92 Å². The Bertz CT molecular complexity index is 429. The molecule has 0 radical (unpaired) electrons. The van der Waals surface area contributed by atoms with Crippen LogP contribution in [0.3, 0.4) is 0 Å². The topological polar surface area (TPSA) is 41.4 Å². The molecule has 0 aliphatic carbocycles. The molecule has 1 amide bonds. The summed E-state index contributed by atoms with van der Waals surface area (Å²) in [6.45, 7) is 6.71. The number of nitrogens with zero attached hydrogens (tertiary/aromatic N) is 4. The maximum absolute atomic E-state index is 11.8. The van der Waals surface area contributed by atoms with Gasteiger partial charge in [-0.05, 0) is 26.3 Å². The summed E-state index contributed by atoms with van der Waals surface area (Å²) >= 11 is 0. The Morgan fingerprint density at radius 1 is 1.35 bits per heavy atom. The van der Waals surface area contributed by atoms with Crippen molar-refractivity contribution in [3.05, 3.63) is 18.2 Å². The number of hydrogen-bond donors (Lipinski definition) is 0. The molecule has 112 valence electrons. The molecule has 20 heavy (non-hydrogen) atoms. The first kappa shape index (κ1) is 15.0. The smallest absolute Gasteiger partial charge is 0.222 e. The molecular formula is C15H26N4O. The molecule has 0 unspecified atom stereocenters. The van der Waals surface area contributed by atoms with Gasteiger partial charge in [-0.3, -0.25) is 9.69 Å². The fourth-order valence-electron chi connectivity index (χ4n) is 2.65. The van der Waals surface area contributed by atoms with Gasteiger partial charge in [0.2, 0.25) is 5.91 Å². The third-order valence-electron chi connectivity index (χ3n) is 3.85. The number of aromatic nitrogens is 2. The second-order valence-corrected chi connectivity index (χ2v) is 5.61. The summed E-state index contributed by atoms with van der Waals surface area (Å²) < 4.78 is 2.21. The summed E-state index contributed by atoms with van der Waals surface area (Å²) in [6.07, 6.45) is 7.96. The molecule has 0 saturated carbocycles. The highest BCUT2D eigenvalue weighted by Gasteiger charge is 2.18. The van der Waals surface area contributed by atoms with E-state index in [9.17, 15) is 4.79 Å². The highest BCUT2D eigenvalue weighted by molar-refractivity contribution is 5.76. The number of imidazole rings is 1. The first-order valence-corrected chi connectivity index (χ1v) is 7.67. The Hall–Kier alpha value is -1.36. The number of hydrogen-bond acceptors (Lipinski definition) is 3. The summed E-state index contributed by atoms with van der Waals surface area (Å²) in [5, 5.41) is 0. The lowest BCUT2D eigenvalue weighted by Gasteiger charge is -2.28. The summed E-state index contributed by atoms with van der Waals surface area (Å²) in [7, 11) is 2.10. The van der Waals surface area contributed by atoms with Gasteiger partial charge in [-0.2, -0.15) is 0 Å². The van der Waals surface area contributed by atoms with Gasteiger partial charge >= 0.3 is 0 Å². The maximum Gasteiger partial charge on any atom is 0.222 e. The fraction of sp³-hybridized carbons (Fsp3) is 0.733. The summed E-state index contributed by atoms with van der Waals surface area (Å²) in [6, 6.07) is 0. The normalized spacial score (nSPS) is 16.1. The van der Waals surface area contributed by atoms with E-state index in [0.29, 0.717) is 5.91 Å². The molecule has 0 aromatic carbocycles. The quantitative estimate of drug-likeness (QED) is 0.763. The van der Waals surface area contributed by atoms with Crippen molar-refractivity contribution in [3.63, 3.8) is 0 Å². The third-order valence-corrected chi connectivity index (χ3v) is 3.85. The molecule has 1 aliphatic heterocycles. The zero-order valence-electron chi connectivity index (χ0n) is 12.7. The van der Waals surface area contributed by atoms with Crippen molar-refractivity contribution in [2.75, 3.05) is 26.7 Å². The molecule has 5 heteroatoms. The average molecular weight is 278 g/mol. The lowest BCUT2D eigenvalue weighted by Crippen LogP contribution is -2.40. The fourth-order valence-corrected chi connectivity index (χ4v) is 2.65. The Morgan fingerprint density at radius 3 is 2.95 bits per heavy atom. The predicted molar refractivity (Wildman–Crippen MR) is 79.3 cm³/mol. The molecule has 0 N–H and O–H groups in total. The summed E-state index contributed by atoms with van der Waals surface area (Å²) in [4.78, 5) is 20.4. The number of likely N-dealkylation sites (tertiary alicyclic amines) is 1. The maximum atomic E-state index is 11.8. The van der Waals surface area contributed by atoms with E-state index in [1.165, 1.54) is 0 Å². The monoisotopic (exact) mass is 278 g/mol. The molecule has 1 aliphatic rings. The predicted octanol–water partition coefficient (Wildman–Crippen LogP) is 1.74. The molecule has 0 atom stereocenters. The van der Waals surface area contributed by atoms with E-state index in [0.717, 1.165) is 64.2 Å². The van der Waals surface area contributed by atoms with Crippen LogP contribution in [-0.2, 0) is 17.9 Å². The van der Waals surface area contributed by atoms with Gasteiger partial charge in [0.05, 0.1) is 6.54 Å². The van der Waals surface area contributed by atoms with Crippen LogP contribution in [0.5, 0.6) is 0 Å². The lowest BCUT2D eigenvalue weighted by atomic mass is 10.1. The van der Waals surface area contributed by atoms with Gasteiger partial charge in [0, 0.05) is 45.0 Å². The van der Waals surface area contributed by atoms with E-state index in [2.05, 4.69) is 28.4 Å². The molecule has 2 heterocycles. The Morgan fingerprint density at radius 2 is 2.20 bits per heavy atom. The van der Waals surface area contributed by atoms with Crippen molar-refractivity contribution < 1.29 is 4.79 Å². The SMILES string of the molecule is CCCn1ccnc1CN(C)CCN1CCCCC1=O. The number of amides is 1. The molecule has 1 saturated heterocycles. The Balaban J connectivity index is 1.78. The molecule has 0 spiro atoms. The minimum Gasteiger partial charge on any atom is -0.341 e. The minimum atomic E-state index is 0.317. The van der Waals surface area contributed by atoms with E-state index in [-0.39, 0.29) is 0 Å². The zero-order chi connectivity index (χ0) is 14.4. The number of piperidine rings is 1. The van der Waals surface area contributed by atoms with Crippen molar-refractivity contribution in [2.24, 2.45) is 0 Å². The van der Waals surface area contributed by atoms with Crippen LogP contribution in [0.1, 0.15) is 38.4 Å². The molecule has 0 bridgehead atoms. The van der Waals surface area contributed by atoms with E-state index < -0.39 is 0 Å². The summed E-state index contributed by atoms with van der Waals surface area (Å²) in [5.41, 5.74) is 0. The van der Waals surface area contributed by atoms with Gasteiger partial charge in [0.25, 0.3) is 0 Å². The van der Waals surface area contributed by atoms with Gasteiger partial charge in [0.15, 0.2) is 0 Å². The number of carbonyl (C=O) groups is 1. The van der Waals surface area contributed by atoms with Gasteiger partial charge < -0.3 is 9.47 Å². The number of carbonyl (C=O) groups excluding carboxylic acids is 1. The molecule has 1 fully saturated rings. The van der Waals surface area contributed by atoms with Crippen molar-refractivity contribution in [1.82, 2.24) is 19.4 Å². The minimum absolute atomic E-state index is 0.317. The van der Waals surface area contributed by atoms with Crippen LogP contribution in [0.25, 0.3) is 0 Å². The molecule has 2 rings (SSSR count). The number of likely N-dealkylation sites (N-methyl/N-ethyl adjacent to an activating group) is 1. The van der Waals surface area contributed by atoms with Gasteiger partial charge in [-0.15, -0.1) is 0 Å². The van der Waals surface area contributed by atoms with Crippen molar-refractivity contribution in [2.45, 2.75) is 45.7 Å². The van der Waals surface area contributed by atoms with Crippen molar-refractivity contribution >= 4 is 5.91 Å². The second-order valence-electron chi connectivity index (χ2n) is 5.61. The van der Waals surface area contributed by atoms with E-state index in [1.807, 2.05) is 17.3 Å². The molecule has 5 nitrogen and oxygen atoms in total.